The van der Waals surface area contributed by atoms with E-state index in [1.165, 1.54) is 28.6 Å². The van der Waals surface area contributed by atoms with Crippen molar-refractivity contribution in [3.8, 4) is 5.75 Å². The van der Waals surface area contributed by atoms with Gasteiger partial charge in [-0.25, -0.2) is 8.42 Å². The molecule has 2 aromatic carbocycles. The number of hydrogen-bond donors (Lipinski definition) is 1. The van der Waals surface area contributed by atoms with Crippen LogP contribution >= 0.6 is 23.2 Å². The lowest BCUT2D eigenvalue weighted by atomic mass is 10.2. The van der Waals surface area contributed by atoms with E-state index in [9.17, 15) is 13.2 Å². The van der Waals surface area contributed by atoms with Crippen molar-refractivity contribution in [2.45, 2.75) is 11.8 Å². The van der Waals surface area contributed by atoms with E-state index >= 15 is 0 Å². The molecule has 0 saturated carbocycles. The number of benzene rings is 2. The van der Waals surface area contributed by atoms with Crippen LogP contribution in [-0.4, -0.2) is 51.5 Å². The third kappa shape index (κ3) is 5.02. The molecule has 0 aliphatic carbocycles. The lowest BCUT2D eigenvalue weighted by Gasteiger charge is -2.27. The van der Waals surface area contributed by atoms with Crippen molar-refractivity contribution in [1.82, 2.24) is 4.31 Å². The smallest absolute Gasteiger partial charge is 0.257 e. The Bertz CT molecular complexity index is 1010. The zero-order valence-corrected chi connectivity index (χ0v) is 18.0. The molecule has 10 heteroatoms. The fourth-order valence-electron chi connectivity index (χ4n) is 2.86. The summed E-state index contributed by atoms with van der Waals surface area (Å²) >= 11 is 12.0. The van der Waals surface area contributed by atoms with E-state index in [1.54, 1.807) is 19.1 Å². The first-order valence-electron chi connectivity index (χ1n) is 8.94. The summed E-state index contributed by atoms with van der Waals surface area (Å²) in [6.07, 6.45) is 0. The van der Waals surface area contributed by atoms with Gasteiger partial charge in [0.15, 0.2) is 0 Å². The van der Waals surface area contributed by atoms with Gasteiger partial charge in [-0.3, -0.25) is 4.79 Å². The lowest BCUT2D eigenvalue weighted by Crippen LogP contribution is -2.40. The van der Waals surface area contributed by atoms with Gasteiger partial charge in [-0.2, -0.15) is 4.31 Å². The summed E-state index contributed by atoms with van der Waals surface area (Å²) in [4.78, 5) is 12.6. The normalized spacial score (nSPS) is 15.1. The van der Waals surface area contributed by atoms with Gasteiger partial charge < -0.3 is 14.8 Å². The van der Waals surface area contributed by atoms with Gasteiger partial charge in [0.25, 0.3) is 5.91 Å². The number of nitrogens with one attached hydrogen (secondary N) is 1. The van der Waals surface area contributed by atoms with Crippen molar-refractivity contribution < 1.29 is 22.7 Å². The minimum absolute atomic E-state index is 0.0174. The Morgan fingerprint density at radius 1 is 1.17 bits per heavy atom. The summed E-state index contributed by atoms with van der Waals surface area (Å²) in [5, 5.41) is 3.26. The molecular formula is C19H20Cl2N2O5S. The largest absolute Gasteiger partial charge is 0.492 e. The minimum atomic E-state index is -3.82. The molecule has 1 aliphatic heterocycles. The highest BCUT2D eigenvalue weighted by Gasteiger charge is 2.30. The fourth-order valence-corrected chi connectivity index (χ4v) is 4.80. The molecule has 0 unspecified atom stereocenters. The second-order valence-corrected chi connectivity index (χ2v) is 8.94. The first-order valence-corrected chi connectivity index (χ1v) is 11.1. The molecule has 0 radical (unpaired) electrons. The minimum Gasteiger partial charge on any atom is -0.492 e. The van der Waals surface area contributed by atoms with Crippen molar-refractivity contribution in [3.05, 3.63) is 52.0 Å². The van der Waals surface area contributed by atoms with Gasteiger partial charge in [-0.05, 0) is 43.3 Å². The average Bonchev–Trinajstić information content (AvgIpc) is 2.71. The van der Waals surface area contributed by atoms with Crippen molar-refractivity contribution in [2.24, 2.45) is 0 Å². The summed E-state index contributed by atoms with van der Waals surface area (Å²) in [6.45, 7) is 3.22. The average molecular weight is 459 g/mol. The zero-order valence-electron chi connectivity index (χ0n) is 15.7. The third-order valence-corrected chi connectivity index (χ3v) is 6.75. The second-order valence-electron chi connectivity index (χ2n) is 6.19. The number of nitrogens with zero attached hydrogens (tertiary/aromatic N) is 1. The van der Waals surface area contributed by atoms with Gasteiger partial charge in [-0.15, -0.1) is 0 Å². The topological polar surface area (TPSA) is 84.9 Å². The Morgan fingerprint density at radius 2 is 1.90 bits per heavy atom. The van der Waals surface area contributed by atoms with Crippen LogP contribution in [0.1, 0.15) is 17.3 Å². The molecule has 1 saturated heterocycles. The molecule has 2 aromatic rings. The molecule has 1 aliphatic rings. The van der Waals surface area contributed by atoms with Crippen molar-refractivity contribution in [3.63, 3.8) is 0 Å². The number of carbonyl (C=O) groups excluding carboxylic acids is 1. The molecule has 3 rings (SSSR count). The molecule has 0 atom stereocenters. The summed E-state index contributed by atoms with van der Waals surface area (Å²) in [6, 6.07) is 9.01. The molecule has 29 heavy (non-hydrogen) atoms. The van der Waals surface area contributed by atoms with Crippen LogP contribution in [-0.2, 0) is 14.8 Å². The Kier molecular flexibility index (Phi) is 7.02. The Morgan fingerprint density at radius 3 is 2.59 bits per heavy atom. The fraction of sp³-hybridized carbons (Fsp3) is 0.316. The predicted octanol–water partition coefficient (Wildman–Crippen LogP) is 3.67. The van der Waals surface area contributed by atoms with E-state index in [1.807, 2.05) is 0 Å². The number of rotatable bonds is 6. The molecule has 1 N–H and O–H groups in total. The predicted molar refractivity (Wildman–Crippen MR) is 112 cm³/mol. The van der Waals surface area contributed by atoms with Gasteiger partial charge in [0.05, 0.1) is 30.4 Å². The van der Waals surface area contributed by atoms with Crippen LogP contribution in [0.2, 0.25) is 10.0 Å². The van der Waals surface area contributed by atoms with E-state index in [0.717, 1.165) is 0 Å². The number of halogens is 2. The van der Waals surface area contributed by atoms with Crippen LogP contribution in [0.3, 0.4) is 0 Å². The maximum Gasteiger partial charge on any atom is 0.257 e. The molecule has 0 bridgehead atoms. The first-order chi connectivity index (χ1) is 13.8. The van der Waals surface area contributed by atoms with Crippen molar-refractivity contribution in [2.75, 3.05) is 38.2 Å². The van der Waals surface area contributed by atoms with E-state index < -0.39 is 15.9 Å². The number of amides is 1. The van der Waals surface area contributed by atoms with Gasteiger partial charge in [0, 0.05) is 23.8 Å². The van der Waals surface area contributed by atoms with Gasteiger partial charge >= 0.3 is 0 Å². The molecule has 7 nitrogen and oxygen atoms in total. The number of sulfonamides is 1. The Labute approximate surface area is 179 Å². The van der Waals surface area contributed by atoms with Crippen molar-refractivity contribution in [1.29, 1.82) is 0 Å². The Hall–Kier alpha value is -1.84. The molecule has 1 fully saturated rings. The highest BCUT2D eigenvalue weighted by atomic mass is 35.5. The summed E-state index contributed by atoms with van der Waals surface area (Å²) in [5.74, 6) is -0.283. The van der Waals surface area contributed by atoms with Crippen LogP contribution in [0.5, 0.6) is 5.75 Å². The highest BCUT2D eigenvalue weighted by molar-refractivity contribution is 7.89. The van der Waals surface area contributed by atoms with Crippen LogP contribution in [0.15, 0.2) is 41.3 Å². The molecule has 1 heterocycles. The maximum absolute atomic E-state index is 13.1. The number of hydrogen-bond acceptors (Lipinski definition) is 5. The SMILES string of the molecule is CCOc1ccc(NC(=O)c2cc(Cl)ccc2Cl)cc1S(=O)(=O)N1CCOCC1. The summed E-state index contributed by atoms with van der Waals surface area (Å²) in [7, 11) is -3.82. The summed E-state index contributed by atoms with van der Waals surface area (Å²) in [5.41, 5.74) is 0.479. The first kappa shape index (κ1) is 21.9. The van der Waals surface area contributed by atoms with E-state index in [-0.39, 0.29) is 34.3 Å². The molecular weight excluding hydrogens is 439 g/mol. The number of anilines is 1. The summed E-state index contributed by atoms with van der Waals surface area (Å²) < 4.78 is 38.3. The van der Waals surface area contributed by atoms with E-state index in [0.29, 0.717) is 30.5 Å². The Balaban J connectivity index is 1.94. The standard InChI is InChI=1S/C19H20Cl2N2O5S/c1-2-28-17-6-4-14(22-19(24)15-11-13(20)3-5-16(15)21)12-18(17)29(25,26)23-7-9-27-10-8-23/h3-6,11-12H,2,7-10H2,1H3,(H,22,24). The van der Waals surface area contributed by atoms with E-state index in [2.05, 4.69) is 5.32 Å². The molecule has 0 aromatic heterocycles. The molecule has 1 amide bonds. The monoisotopic (exact) mass is 458 g/mol. The van der Waals surface area contributed by atoms with Gasteiger partial charge in [0.2, 0.25) is 10.0 Å². The van der Waals surface area contributed by atoms with Crippen LogP contribution < -0.4 is 10.1 Å². The van der Waals surface area contributed by atoms with Gasteiger partial charge in [0.1, 0.15) is 10.6 Å². The zero-order chi connectivity index (χ0) is 21.0. The second kappa shape index (κ2) is 9.32. The maximum atomic E-state index is 13.1. The van der Waals surface area contributed by atoms with Crippen molar-refractivity contribution >= 4 is 44.8 Å². The highest BCUT2D eigenvalue weighted by Crippen LogP contribution is 2.31. The number of morpholine rings is 1. The quantitative estimate of drug-likeness (QED) is 0.713. The molecule has 0 spiro atoms. The van der Waals surface area contributed by atoms with Gasteiger partial charge in [-0.1, -0.05) is 23.2 Å². The lowest BCUT2D eigenvalue weighted by molar-refractivity contribution is 0.0729. The van der Waals surface area contributed by atoms with E-state index in [4.69, 9.17) is 32.7 Å². The van der Waals surface area contributed by atoms with Crippen LogP contribution in [0, 0.1) is 0 Å². The molecule has 156 valence electrons. The van der Waals surface area contributed by atoms with Crippen LogP contribution in [0.25, 0.3) is 0 Å². The number of ether oxygens (including phenoxy) is 2. The van der Waals surface area contributed by atoms with Crippen LogP contribution in [0.4, 0.5) is 5.69 Å². The number of carbonyl (C=O) groups is 1. The third-order valence-electron chi connectivity index (χ3n) is 4.26.